The van der Waals surface area contributed by atoms with E-state index in [1.165, 1.54) is 38.5 Å². The van der Waals surface area contributed by atoms with Gasteiger partial charge in [0.1, 0.15) is 0 Å². The fraction of sp³-hybridized carbons (Fsp3) is 1.00. The second-order valence-electron chi connectivity index (χ2n) is 5.00. The van der Waals surface area contributed by atoms with E-state index in [4.69, 9.17) is 0 Å². The van der Waals surface area contributed by atoms with Crippen molar-refractivity contribution in [3.05, 3.63) is 0 Å². The lowest BCUT2D eigenvalue weighted by Gasteiger charge is -1.99. The summed E-state index contributed by atoms with van der Waals surface area (Å²) in [6, 6.07) is 0. The van der Waals surface area contributed by atoms with Crippen LogP contribution in [0.5, 0.6) is 0 Å². The number of hydrogen-bond acceptors (Lipinski definition) is 0. The van der Waals surface area contributed by atoms with Gasteiger partial charge in [-0.2, -0.15) is 0 Å². The predicted molar refractivity (Wildman–Crippen MR) is 68.7 cm³/mol. The summed E-state index contributed by atoms with van der Waals surface area (Å²) >= 11 is 0. The van der Waals surface area contributed by atoms with Gasteiger partial charge in [-0.1, -0.05) is 80.1 Å². The van der Waals surface area contributed by atoms with Gasteiger partial charge in [-0.25, -0.2) is 0 Å². The summed E-state index contributed by atoms with van der Waals surface area (Å²) in [6.45, 7) is 13.1. The van der Waals surface area contributed by atoms with Gasteiger partial charge < -0.3 is 0 Å². The maximum atomic E-state index is 2.30. The average Bonchev–Trinajstić information content (AvgIpc) is 2.55. The quantitative estimate of drug-likeness (QED) is 0.512. The normalized spacial score (nSPS) is 15.6. The molecule has 0 heterocycles. The van der Waals surface area contributed by atoms with Crippen molar-refractivity contribution in [2.24, 2.45) is 11.8 Å². The van der Waals surface area contributed by atoms with Crippen LogP contribution in [0.1, 0.15) is 80.1 Å². The van der Waals surface area contributed by atoms with E-state index in [1.807, 2.05) is 0 Å². The first-order valence-electron chi connectivity index (χ1n) is 6.58. The minimum Gasteiger partial charge on any atom is -0.0656 e. The molecule has 0 heteroatoms. The molecule has 0 saturated heterocycles. The van der Waals surface area contributed by atoms with Gasteiger partial charge in [0.2, 0.25) is 0 Å². The van der Waals surface area contributed by atoms with Crippen LogP contribution < -0.4 is 0 Å². The molecular formula is C14H32. The van der Waals surface area contributed by atoms with Gasteiger partial charge >= 0.3 is 0 Å². The van der Waals surface area contributed by atoms with Crippen molar-refractivity contribution < 1.29 is 0 Å². The Morgan fingerprint density at radius 1 is 0.929 bits per heavy atom. The van der Waals surface area contributed by atoms with Crippen LogP contribution >= 0.6 is 0 Å². The molecule has 0 atom stereocenters. The van der Waals surface area contributed by atoms with Crippen LogP contribution in [-0.2, 0) is 0 Å². The largest absolute Gasteiger partial charge is 0.0656 e. The zero-order valence-corrected chi connectivity index (χ0v) is 11.4. The van der Waals surface area contributed by atoms with Crippen LogP contribution in [-0.4, -0.2) is 0 Å². The molecule has 1 aliphatic rings. The lowest BCUT2D eigenvalue weighted by Crippen LogP contribution is -1.86. The van der Waals surface area contributed by atoms with Crippen molar-refractivity contribution in [3.63, 3.8) is 0 Å². The summed E-state index contributed by atoms with van der Waals surface area (Å²) in [6.07, 6.45) is 8.68. The smallest absolute Gasteiger partial charge is 0.0417 e. The zero-order valence-electron chi connectivity index (χ0n) is 11.4. The standard InChI is InChI=1S/C7H14.C4H10.C3H8/c1-2-7-5-3-4-6-7;1-4(2)3;1-3-2/h7H,2-6H2,1H3;4H,1-3H3;3H2,1-2H3. The first-order valence-corrected chi connectivity index (χ1v) is 6.58. The van der Waals surface area contributed by atoms with E-state index in [-0.39, 0.29) is 0 Å². The minimum atomic E-state index is 0.833. The van der Waals surface area contributed by atoms with Crippen molar-refractivity contribution in [2.45, 2.75) is 80.1 Å². The molecule has 0 nitrogen and oxygen atoms in total. The maximum Gasteiger partial charge on any atom is -0.0417 e. The number of rotatable bonds is 1. The Balaban J connectivity index is 0. The Morgan fingerprint density at radius 3 is 1.36 bits per heavy atom. The van der Waals surface area contributed by atoms with E-state index in [0.717, 1.165) is 11.8 Å². The van der Waals surface area contributed by atoms with Crippen LogP contribution in [0.15, 0.2) is 0 Å². The van der Waals surface area contributed by atoms with Gasteiger partial charge in [-0.05, 0) is 11.8 Å². The van der Waals surface area contributed by atoms with Crippen LogP contribution in [0.3, 0.4) is 0 Å². The van der Waals surface area contributed by atoms with Crippen molar-refractivity contribution >= 4 is 0 Å². The fourth-order valence-corrected chi connectivity index (χ4v) is 1.42. The Labute approximate surface area is 92.5 Å². The Hall–Kier alpha value is 0. The van der Waals surface area contributed by atoms with Crippen molar-refractivity contribution in [1.82, 2.24) is 0 Å². The highest BCUT2D eigenvalue weighted by molar-refractivity contribution is 4.64. The predicted octanol–water partition coefficient (Wildman–Crippen LogP) is 5.67. The fourth-order valence-electron chi connectivity index (χ4n) is 1.42. The van der Waals surface area contributed by atoms with Crippen molar-refractivity contribution in [3.8, 4) is 0 Å². The van der Waals surface area contributed by atoms with Crippen LogP contribution in [0.2, 0.25) is 0 Å². The van der Waals surface area contributed by atoms with E-state index in [0.29, 0.717) is 0 Å². The average molecular weight is 200 g/mol. The summed E-state index contributed by atoms with van der Waals surface area (Å²) in [5.74, 6) is 1.93. The van der Waals surface area contributed by atoms with Gasteiger partial charge in [0.05, 0.1) is 0 Å². The Kier molecular flexibility index (Phi) is 15.3. The lowest BCUT2D eigenvalue weighted by atomic mass is 10.1. The SMILES string of the molecule is CC(C)C.CCC.CCC1CCCC1. The molecule has 0 amide bonds. The summed E-state index contributed by atoms with van der Waals surface area (Å²) in [5, 5.41) is 0. The summed E-state index contributed by atoms with van der Waals surface area (Å²) < 4.78 is 0. The lowest BCUT2D eigenvalue weighted by molar-refractivity contribution is 0.531. The molecular weight excluding hydrogens is 168 g/mol. The minimum absolute atomic E-state index is 0.833. The molecule has 0 spiro atoms. The van der Waals surface area contributed by atoms with Gasteiger partial charge in [-0.3, -0.25) is 0 Å². The van der Waals surface area contributed by atoms with Crippen molar-refractivity contribution in [1.29, 1.82) is 0 Å². The molecule has 1 saturated carbocycles. The topological polar surface area (TPSA) is 0 Å². The molecule has 1 aliphatic carbocycles. The molecule has 0 aliphatic heterocycles. The molecule has 0 bridgehead atoms. The molecule has 0 aromatic rings. The van der Waals surface area contributed by atoms with Gasteiger partial charge in [0.15, 0.2) is 0 Å². The van der Waals surface area contributed by atoms with Gasteiger partial charge in [0, 0.05) is 0 Å². The monoisotopic (exact) mass is 200 g/mol. The summed E-state index contributed by atoms with van der Waals surface area (Å²) in [7, 11) is 0. The van der Waals surface area contributed by atoms with E-state index in [9.17, 15) is 0 Å². The molecule has 0 aromatic heterocycles. The van der Waals surface area contributed by atoms with Crippen LogP contribution in [0.4, 0.5) is 0 Å². The second-order valence-corrected chi connectivity index (χ2v) is 5.00. The summed E-state index contributed by atoms with van der Waals surface area (Å²) in [5.41, 5.74) is 0. The van der Waals surface area contributed by atoms with Crippen LogP contribution in [0.25, 0.3) is 0 Å². The molecule has 0 aromatic carbocycles. The highest BCUT2D eigenvalue weighted by atomic mass is 14.2. The zero-order chi connectivity index (χ0) is 11.4. The molecule has 88 valence electrons. The van der Waals surface area contributed by atoms with Gasteiger partial charge in [0.25, 0.3) is 0 Å². The van der Waals surface area contributed by atoms with E-state index >= 15 is 0 Å². The van der Waals surface area contributed by atoms with Crippen LogP contribution in [0, 0.1) is 11.8 Å². The Morgan fingerprint density at radius 2 is 1.21 bits per heavy atom. The maximum absolute atomic E-state index is 2.30. The summed E-state index contributed by atoms with van der Waals surface area (Å²) in [4.78, 5) is 0. The van der Waals surface area contributed by atoms with E-state index < -0.39 is 0 Å². The second kappa shape index (κ2) is 13.0. The molecule has 14 heavy (non-hydrogen) atoms. The molecule has 1 fully saturated rings. The highest BCUT2D eigenvalue weighted by Gasteiger charge is 2.11. The third-order valence-electron chi connectivity index (χ3n) is 2.05. The molecule has 0 unspecified atom stereocenters. The highest BCUT2D eigenvalue weighted by Crippen LogP contribution is 2.26. The Bertz CT molecular complexity index is 75.3. The first-order chi connectivity index (χ1) is 6.58. The third kappa shape index (κ3) is 17.9. The van der Waals surface area contributed by atoms with E-state index in [2.05, 4.69) is 41.5 Å². The number of hydrogen-bond donors (Lipinski definition) is 0. The molecule has 0 radical (unpaired) electrons. The molecule has 0 N–H and O–H groups in total. The van der Waals surface area contributed by atoms with E-state index in [1.54, 1.807) is 0 Å². The third-order valence-corrected chi connectivity index (χ3v) is 2.05. The first kappa shape index (κ1) is 16.4. The van der Waals surface area contributed by atoms with Crippen molar-refractivity contribution in [2.75, 3.05) is 0 Å². The molecule has 1 rings (SSSR count). The van der Waals surface area contributed by atoms with Gasteiger partial charge in [-0.15, -0.1) is 0 Å².